The van der Waals surface area contributed by atoms with E-state index in [2.05, 4.69) is 12.2 Å². The first-order chi connectivity index (χ1) is 13.7. The summed E-state index contributed by atoms with van der Waals surface area (Å²) < 4.78 is 1.84. The molecule has 0 unspecified atom stereocenters. The van der Waals surface area contributed by atoms with Crippen molar-refractivity contribution in [1.82, 2.24) is 20.0 Å². The van der Waals surface area contributed by atoms with Crippen LogP contribution < -0.4 is 5.32 Å². The van der Waals surface area contributed by atoms with Gasteiger partial charge in [-0.1, -0.05) is 37.3 Å². The molecule has 0 aliphatic carbocycles. The second-order valence-corrected chi connectivity index (χ2v) is 7.76. The Balaban J connectivity index is 1.41. The third-order valence-corrected chi connectivity index (χ3v) is 6.00. The molecule has 1 saturated heterocycles. The Morgan fingerprint density at radius 2 is 1.96 bits per heavy atom. The van der Waals surface area contributed by atoms with Crippen LogP contribution in [-0.2, 0) is 11.3 Å². The summed E-state index contributed by atoms with van der Waals surface area (Å²) in [7, 11) is 0. The fourth-order valence-electron chi connectivity index (χ4n) is 4.37. The largest absolute Gasteiger partial charge is 0.351 e. The van der Waals surface area contributed by atoms with E-state index in [1.807, 2.05) is 46.0 Å². The molecule has 0 saturated carbocycles. The normalized spacial score (nSPS) is 18.9. The van der Waals surface area contributed by atoms with E-state index >= 15 is 0 Å². The lowest BCUT2D eigenvalue weighted by molar-refractivity contribution is -0.134. The lowest BCUT2D eigenvalue weighted by Gasteiger charge is -2.33. The van der Waals surface area contributed by atoms with Gasteiger partial charge in [-0.3, -0.25) is 14.3 Å². The molecule has 6 heteroatoms. The highest BCUT2D eigenvalue weighted by Crippen LogP contribution is 2.30. The number of aromatic nitrogens is 2. The van der Waals surface area contributed by atoms with Crippen molar-refractivity contribution < 1.29 is 9.59 Å². The number of hydrogen-bond acceptors (Lipinski definition) is 3. The van der Waals surface area contributed by atoms with E-state index < -0.39 is 0 Å². The number of piperidine rings is 1. The van der Waals surface area contributed by atoms with E-state index in [9.17, 15) is 9.59 Å². The van der Waals surface area contributed by atoms with Gasteiger partial charge in [0, 0.05) is 32.1 Å². The number of nitrogens with zero attached hydrogens (tertiary/aromatic N) is 3. The molecule has 148 valence electrons. The van der Waals surface area contributed by atoms with Crippen molar-refractivity contribution >= 4 is 11.8 Å². The smallest absolute Gasteiger partial charge is 0.269 e. The van der Waals surface area contributed by atoms with Gasteiger partial charge in [0.2, 0.25) is 5.91 Å². The highest BCUT2D eigenvalue weighted by atomic mass is 16.2. The number of fused-ring (bicyclic) bond motifs is 1. The van der Waals surface area contributed by atoms with Crippen molar-refractivity contribution in [2.75, 3.05) is 19.6 Å². The van der Waals surface area contributed by atoms with Gasteiger partial charge in [-0.05, 0) is 37.3 Å². The van der Waals surface area contributed by atoms with Crippen LogP contribution in [0.25, 0.3) is 0 Å². The van der Waals surface area contributed by atoms with Gasteiger partial charge >= 0.3 is 0 Å². The first-order valence-electron chi connectivity index (χ1n) is 10.4. The molecule has 2 aliphatic rings. The lowest BCUT2D eigenvalue weighted by Crippen LogP contribution is -2.40. The van der Waals surface area contributed by atoms with Crippen molar-refractivity contribution in [2.45, 2.75) is 51.0 Å². The molecule has 0 bridgehead atoms. The summed E-state index contributed by atoms with van der Waals surface area (Å²) in [6.45, 7) is 5.06. The zero-order valence-corrected chi connectivity index (χ0v) is 16.4. The maximum Gasteiger partial charge on any atom is 0.269 e. The number of likely N-dealkylation sites (tertiary alicyclic amines) is 1. The molecule has 1 fully saturated rings. The highest BCUT2D eigenvalue weighted by Gasteiger charge is 2.30. The number of amides is 2. The van der Waals surface area contributed by atoms with E-state index in [1.165, 1.54) is 0 Å². The van der Waals surface area contributed by atoms with Crippen LogP contribution in [0.5, 0.6) is 0 Å². The van der Waals surface area contributed by atoms with Crippen LogP contribution in [0, 0.1) is 0 Å². The predicted molar refractivity (Wildman–Crippen MR) is 107 cm³/mol. The fourth-order valence-corrected chi connectivity index (χ4v) is 4.37. The summed E-state index contributed by atoms with van der Waals surface area (Å²) in [6.07, 6.45) is 3.51. The van der Waals surface area contributed by atoms with E-state index in [-0.39, 0.29) is 17.7 Å². The Labute approximate surface area is 165 Å². The maximum absolute atomic E-state index is 13.1. The van der Waals surface area contributed by atoms with Crippen LogP contribution in [-0.4, -0.2) is 46.1 Å². The average molecular weight is 380 g/mol. The summed E-state index contributed by atoms with van der Waals surface area (Å²) >= 11 is 0. The summed E-state index contributed by atoms with van der Waals surface area (Å²) in [5.41, 5.74) is 2.76. The molecule has 6 nitrogen and oxygen atoms in total. The highest BCUT2D eigenvalue weighted by molar-refractivity contribution is 5.92. The van der Waals surface area contributed by atoms with Crippen molar-refractivity contribution in [3.8, 4) is 0 Å². The van der Waals surface area contributed by atoms with Gasteiger partial charge in [0.25, 0.3) is 5.91 Å². The first-order valence-corrected chi connectivity index (χ1v) is 10.4. The van der Waals surface area contributed by atoms with Crippen molar-refractivity contribution in [3.05, 3.63) is 53.3 Å². The zero-order valence-electron chi connectivity index (χ0n) is 16.4. The Hall–Kier alpha value is -2.63. The molecule has 0 radical (unpaired) electrons. The average Bonchev–Trinajstić information content (AvgIpc) is 3.09. The molecular formula is C22H28N4O2. The molecule has 28 heavy (non-hydrogen) atoms. The Kier molecular flexibility index (Phi) is 5.46. The number of carbonyl (C=O) groups is 2. The Morgan fingerprint density at radius 1 is 1.21 bits per heavy atom. The van der Waals surface area contributed by atoms with Crippen molar-refractivity contribution in [1.29, 1.82) is 0 Å². The molecule has 1 aromatic heterocycles. The SMILES string of the molecule is CC[C@H](C(=O)N1CCC(c2cc3n(n2)CCCNC3=O)CC1)c1ccccc1. The minimum absolute atomic E-state index is 0.0301. The molecule has 1 aromatic carbocycles. The van der Waals surface area contributed by atoms with E-state index in [4.69, 9.17) is 5.10 Å². The van der Waals surface area contributed by atoms with Gasteiger partial charge in [0.1, 0.15) is 5.69 Å². The molecule has 1 N–H and O–H groups in total. The molecule has 4 rings (SSSR count). The summed E-state index contributed by atoms with van der Waals surface area (Å²) in [5.74, 6) is 0.447. The van der Waals surface area contributed by atoms with Crippen LogP contribution >= 0.6 is 0 Å². The molecule has 3 heterocycles. The minimum Gasteiger partial charge on any atom is -0.351 e. The van der Waals surface area contributed by atoms with Crippen LogP contribution in [0.2, 0.25) is 0 Å². The number of nitrogens with one attached hydrogen (secondary N) is 1. The van der Waals surface area contributed by atoms with E-state index in [1.54, 1.807) is 0 Å². The van der Waals surface area contributed by atoms with Gasteiger partial charge in [0.05, 0.1) is 11.6 Å². The second kappa shape index (κ2) is 8.17. The van der Waals surface area contributed by atoms with Crippen LogP contribution in [0.4, 0.5) is 0 Å². The van der Waals surface area contributed by atoms with Crippen LogP contribution in [0.1, 0.15) is 66.2 Å². The predicted octanol–water partition coefficient (Wildman–Crippen LogP) is 2.92. The number of benzene rings is 1. The standard InChI is InChI=1S/C22H28N4O2/c1-2-18(16-7-4-3-5-8-16)22(28)25-13-9-17(10-14-25)19-15-20-21(27)23-11-6-12-26(20)24-19/h3-5,7-8,15,17-18H,2,6,9-14H2,1H3,(H,23,27)/t18-/m0/s1. The third-order valence-electron chi connectivity index (χ3n) is 6.00. The summed E-state index contributed by atoms with van der Waals surface area (Å²) in [6, 6.07) is 12.0. The van der Waals surface area contributed by atoms with Gasteiger partial charge in [-0.15, -0.1) is 0 Å². The Bertz CT molecular complexity index is 837. The second-order valence-electron chi connectivity index (χ2n) is 7.76. The molecule has 2 aliphatic heterocycles. The van der Waals surface area contributed by atoms with Gasteiger partial charge in [-0.2, -0.15) is 5.10 Å². The molecule has 2 aromatic rings. The summed E-state index contributed by atoms with van der Waals surface area (Å²) in [4.78, 5) is 27.2. The third kappa shape index (κ3) is 3.68. The van der Waals surface area contributed by atoms with Gasteiger partial charge in [0.15, 0.2) is 0 Å². The minimum atomic E-state index is -0.0647. The fraction of sp³-hybridized carbons (Fsp3) is 0.500. The maximum atomic E-state index is 13.1. The lowest BCUT2D eigenvalue weighted by atomic mass is 9.90. The topological polar surface area (TPSA) is 67.2 Å². The van der Waals surface area contributed by atoms with Crippen molar-refractivity contribution in [2.24, 2.45) is 0 Å². The number of aryl methyl sites for hydroxylation is 1. The monoisotopic (exact) mass is 380 g/mol. The quantitative estimate of drug-likeness (QED) is 0.887. The number of carbonyl (C=O) groups excluding carboxylic acids is 2. The molecule has 2 amide bonds. The van der Waals surface area contributed by atoms with Crippen molar-refractivity contribution in [3.63, 3.8) is 0 Å². The van der Waals surface area contributed by atoms with Gasteiger partial charge < -0.3 is 10.2 Å². The molecular weight excluding hydrogens is 352 g/mol. The summed E-state index contributed by atoms with van der Waals surface area (Å²) in [5, 5.41) is 7.63. The number of hydrogen-bond donors (Lipinski definition) is 1. The van der Waals surface area contributed by atoms with E-state index in [0.717, 1.165) is 56.6 Å². The Morgan fingerprint density at radius 3 is 2.68 bits per heavy atom. The van der Waals surface area contributed by atoms with Crippen LogP contribution in [0.15, 0.2) is 36.4 Å². The van der Waals surface area contributed by atoms with Gasteiger partial charge in [-0.25, -0.2) is 0 Å². The van der Waals surface area contributed by atoms with E-state index in [0.29, 0.717) is 18.2 Å². The van der Waals surface area contributed by atoms with Crippen LogP contribution in [0.3, 0.4) is 0 Å². The zero-order chi connectivity index (χ0) is 19.5. The molecule has 1 atom stereocenters. The first kappa shape index (κ1) is 18.7. The number of rotatable bonds is 4. The molecule has 0 spiro atoms.